The van der Waals surface area contributed by atoms with Gasteiger partial charge < -0.3 is 79.4 Å². The number of unbranched alkanes of at least 4 members (excludes halogenated alkanes) is 18. The highest BCUT2D eigenvalue weighted by Gasteiger charge is 2.00. The van der Waals surface area contributed by atoms with E-state index < -0.39 is 0 Å². The van der Waals surface area contributed by atoms with Crippen molar-refractivity contribution >= 4 is 53.6 Å². The summed E-state index contributed by atoms with van der Waals surface area (Å²) in [7, 11) is 0. The molecule has 0 aliphatic carbocycles. The van der Waals surface area contributed by atoms with Gasteiger partial charge in [0, 0.05) is 58.9 Å². The van der Waals surface area contributed by atoms with Gasteiger partial charge in [0.05, 0.1) is 0 Å². The number of aliphatic imine (C=N–C) groups is 9. The molecule has 0 saturated heterocycles. The second-order valence-corrected chi connectivity index (χ2v) is 17.3. The van der Waals surface area contributed by atoms with E-state index in [4.69, 9.17) is 85.9 Å². The normalized spacial score (nSPS) is 12.2. The van der Waals surface area contributed by atoms with Crippen LogP contribution in [0.4, 0.5) is 0 Å². The van der Waals surface area contributed by atoms with Crippen LogP contribution in [0.5, 0.6) is 0 Å². The van der Waals surface area contributed by atoms with Gasteiger partial charge in [-0.15, -0.1) is 0 Å². The van der Waals surface area contributed by atoms with Gasteiger partial charge in [0.2, 0.25) is 23.8 Å². The third-order valence-corrected chi connectivity index (χ3v) is 10.4. The van der Waals surface area contributed by atoms with E-state index >= 15 is 0 Å². The number of hydrogen-bond donors (Lipinski definition) is 18. The van der Waals surface area contributed by atoms with Crippen LogP contribution in [0, 0.1) is 29.5 Å². The fourth-order valence-corrected chi connectivity index (χ4v) is 6.30. The number of nitrogens with one attached hydrogen (secondary N) is 6. The lowest BCUT2D eigenvalue weighted by molar-refractivity contribution is 0.636. The molecule has 0 aromatic heterocycles. The molecule has 0 aromatic carbocycles. The van der Waals surface area contributed by atoms with E-state index in [1.807, 2.05) is 0 Å². The minimum Gasteiger partial charge on any atom is -0.370 e. The molecule has 0 aliphatic heterocycles. The van der Waals surface area contributed by atoms with E-state index in [-0.39, 0.29) is 64.0 Å². The second kappa shape index (κ2) is 68.5. The average Bonchev–Trinajstić information content (AvgIpc) is 3.40. The Hall–Kier alpha value is -7.62. The summed E-state index contributed by atoms with van der Waals surface area (Å²) < 4.78 is 0. The van der Waals surface area contributed by atoms with Gasteiger partial charge in [0.15, 0.2) is 36.2 Å². The molecule has 0 unspecified atom stereocenters. The summed E-state index contributed by atoms with van der Waals surface area (Å²) in [6.45, 7) is 14.7. The van der Waals surface area contributed by atoms with Crippen molar-refractivity contribution in [3.63, 3.8) is 0 Å². The van der Waals surface area contributed by atoms with Gasteiger partial charge in [-0.2, -0.15) is 32.0 Å². The Bertz CT molecular complexity index is 1830. The Kier molecular flexibility index (Phi) is 71.6. The summed E-state index contributed by atoms with van der Waals surface area (Å²) in [5.74, 6) is 2.03. The number of guanidine groups is 9. The first-order valence-electron chi connectivity index (χ1n) is 27.3. The maximum absolute atomic E-state index is 8.37. The highest BCUT2D eigenvalue weighted by molar-refractivity contribution is 5.97. The summed E-state index contributed by atoms with van der Waals surface area (Å²) >= 11 is 0. The van der Waals surface area contributed by atoms with Crippen LogP contribution in [0.15, 0.2) is 44.9 Å². The number of hydrogen-bond acceptors (Lipinski definition) is 12. The van der Waals surface area contributed by atoms with Crippen LogP contribution >= 0.6 is 0 Å². The highest BCUT2D eigenvalue weighted by atomic mass is 15.3. The third-order valence-electron chi connectivity index (χ3n) is 10.4. The van der Waals surface area contributed by atoms with E-state index in [0.29, 0.717) is 64.3 Å². The predicted octanol–water partition coefficient (Wildman–Crippen LogP) is 1.27. The molecule has 0 heterocycles. The van der Waals surface area contributed by atoms with Gasteiger partial charge in [-0.25, -0.2) is 4.99 Å². The molecule has 0 aliphatic rings. The molecule has 0 amide bonds. The molecule has 0 aromatic rings. The molecule has 81 heavy (non-hydrogen) atoms. The van der Waals surface area contributed by atoms with Crippen molar-refractivity contribution < 1.29 is 0 Å². The lowest BCUT2D eigenvalue weighted by Crippen LogP contribution is -2.41. The van der Waals surface area contributed by atoms with E-state index in [0.717, 1.165) is 180 Å². The van der Waals surface area contributed by atoms with Crippen molar-refractivity contribution in [2.24, 2.45) is 114 Å². The van der Waals surface area contributed by atoms with Crippen LogP contribution in [0.25, 0.3) is 4.95 Å². The van der Waals surface area contributed by atoms with Crippen molar-refractivity contribution in [1.82, 2.24) is 32.0 Å². The number of nitrogens with two attached hydrogens (primary N) is 12. The summed E-state index contributed by atoms with van der Waals surface area (Å²) in [5, 5.41) is 30.1. The topological polar surface area (TPSA) is 548 Å². The molecule has 0 spiro atoms. The van der Waals surface area contributed by atoms with Crippen LogP contribution in [-0.2, 0) is 0 Å². The van der Waals surface area contributed by atoms with E-state index in [2.05, 4.69) is 81.9 Å². The molecule has 30 nitrogen and oxygen atoms in total. The minimum atomic E-state index is 0. The van der Waals surface area contributed by atoms with Crippen LogP contribution in [0.2, 0.25) is 0 Å². The Morgan fingerprint density at radius 2 is 0.605 bits per heavy atom. The van der Waals surface area contributed by atoms with Crippen LogP contribution < -0.4 is 101 Å². The van der Waals surface area contributed by atoms with Crippen LogP contribution in [0.3, 0.4) is 0 Å². The first-order chi connectivity index (χ1) is 37.8. The van der Waals surface area contributed by atoms with Gasteiger partial charge >= 0.3 is 0 Å². The third kappa shape index (κ3) is 72.4. The van der Waals surface area contributed by atoms with Crippen molar-refractivity contribution in [1.29, 1.82) is 10.5 Å². The predicted molar refractivity (Wildman–Crippen MR) is 343 cm³/mol. The fourth-order valence-electron chi connectivity index (χ4n) is 6.30. The lowest BCUT2D eigenvalue weighted by atomic mass is 10.2. The maximum atomic E-state index is 8.37. The summed E-state index contributed by atoms with van der Waals surface area (Å²) in [6, 6.07) is 0. The number of rotatable bonds is 39. The van der Waals surface area contributed by atoms with E-state index in [1.54, 1.807) is 12.4 Å². The van der Waals surface area contributed by atoms with Crippen molar-refractivity contribution in [3.8, 4) is 12.4 Å². The van der Waals surface area contributed by atoms with Gasteiger partial charge in [0.25, 0.3) is 5.96 Å². The molecule has 0 atom stereocenters. The molecule has 30 heteroatoms. The second-order valence-electron chi connectivity index (χ2n) is 17.3. The Morgan fingerprint density at radius 3 is 0.889 bits per heavy atom. The summed E-state index contributed by atoms with van der Waals surface area (Å²) in [4.78, 5) is 39.8. The zero-order valence-corrected chi connectivity index (χ0v) is 46.8. The molecular formula is C51H114N30. The molecular weight excluding hydrogens is 1030 g/mol. The quantitative estimate of drug-likeness (QED) is 0.00784. The highest BCUT2D eigenvalue weighted by Crippen LogP contribution is 2.03. The summed E-state index contributed by atoms with van der Waals surface area (Å²) in [6.07, 6.45) is 28.0. The molecule has 0 rings (SSSR count). The Morgan fingerprint density at radius 1 is 0.346 bits per heavy atom. The van der Waals surface area contributed by atoms with E-state index in [9.17, 15) is 0 Å². The van der Waals surface area contributed by atoms with Gasteiger partial charge in [-0.1, -0.05) is 105 Å². The first kappa shape index (κ1) is 84.7. The van der Waals surface area contributed by atoms with Crippen LogP contribution in [-0.4, -0.2) is 132 Å². The molecule has 468 valence electrons. The fraction of sp³-hybridized carbons (Fsp3) is 0.765. The average molecular weight is 1150 g/mol. The first-order valence-corrected chi connectivity index (χ1v) is 27.3. The SMILES string of the molecule is C.C.C.N#CNC(N)=NCCCCCCNC(N)=NC(N)=NCCCCCCN.NCCCCCCN=C(N)NC(N)=NCCCCCCN.[C-]#[N+]NC(N)=NCCCCCCNC(N)=NC(N)=NCCCCCCN=C(N)NC#N. The van der Waals surface area contributed by atoms with Gasteiger partial charge in [0.1, 0.15) is 0 Å². The van der Waals surface area contributed by atoms with E-state index in [1.165, 1.54) is 0 Å². The molecule has 0 fully saturated rings. The minimum absolute atomic E-state index is 0. The summed E-state index contributed by atoms with van der Waals surface area (Å²) in [5.41, 5.74) is 69.4. The van der Waals surface area contributed by atoms with Crippen molar-refractivity contribution in [2.45, 2.75) is 176 Å². The molecule has 0 saturated carbocycles. The van der Waals surface area contributed by atoms with Crippen molar-refractivity contribution in [2.75, 3.05) is 78.5 Å². The number of nitrogens with zero attached hydrogens (tertiary/aromatic N) is 12. The molecule has 30 N–H and O–H groups in total. The standard InChI is InChI=1S/C18H35N13.C16H34N10.C14H33N7.3CH4/c1-24-31-18(23)28-13-9-5-4-8-12-27-17(22)30-16(21)26-11-7-3-2-6-10-25-15(20)29-14-19;17-9-5-1-2-6-11-23-15(20)26-16(21)24-12-8-4-3-7-10-22-14(19)25-13-18;15-9-5-1-3-7-11-19-13(17)21-14(18)20-12-8-4-2-6-10-16;;;/h2-13H2,(H3,20,25,29)(H3,23,28,31)(H5,21,22,26,27,30);1-12,17H2,(H3,19,22,25)(H5,20,21,23,24,26);1-12,15-16H2,(H5,17,18,19,20,21);3*1H4. The largest absolute Gasteiger partial charge is 0.370 e. The molecule has 0 radical (unpaired) electrons. The van der Waals surface area contributed by atoms with Gasteiger partial charge in [-0.3, -0.25) is 45.9 Å². The van der Waals surface area contributed by atoms with Crippen LogP contribution in [0.1, 0.15) is 176 Å². The van der Waals surface area contributed by atoms with Gasteiger partial charge in [-0.05, 0) is 96.7 Å². The Labute approximate surface area is 487 Å². The lowest BCUT2D eigenvalue weighted by Gasteiger charge is -2.05. The zero-order chi connectivity index (χ0) is 58.4. The number of nitriles is 2. The maximum Gasteiger partial charge on any atom is 0.259 e. The monoisotopic (exact) mass is 1150 g/mol. The zero-order valence-electron chi connectivity index (χ0n) is 46.8. The Balaban J connectivity index is -0.000000260. The van der Waals surface area contributed by atoms with Crippen molar-refractivity contribution in [3.05, 3.63) is 11.5 Å². The smallest absolute Gasteiger partial charge is 0.259 e. The molecule has 0 bridgehead atoms.